The lowest BCUT2D eigenvalue weighted by atomic mass is 10.0. The molecule has 3 rings (SSSR count). The Bertz CT molecular complexity index is 858. The third-order valence-electron chi connectivity index (χ3n) is 4.69. The monoisotopic (exact) mass is 445 g/mol. The average molecular weight is 446 g/mol. The molecule has 146 valence electrons. The minimum Gasteiger partial charge on any atom is -0.480 e. The predicted molar refractivity (Wildman–Crippen MR) is 106 cm³/mol. The molecule has 1 aliphatic heterocycles. The van der Waals surface area contributed by atoms with E-state index in [1.807, 2.05) is 6.07 Å². The molecule has 2 atom stereocenters. The Balaban J connectivity index is 1.82. The van der Waals surface area contributed by atoms with Gasteiger partial charge in [-0.25, -0.2) is 4.79 Å². The van der Waals surface area contributed by atoms with E-state index < -0.39 is 18.1 Å². The van der Waals surface area contributed by atoms with Crippen molar-refractivity contribution in [3.8, 4) is 0 Å². The fourth-order valence-electron chi connectivity index (χ4n) is 3.28. The molecule has 1 aromatic heterocycles. The SMILES string of the molecule is O=C(N[C@@H](Cc1cccnc1)C(=O)N1CCC[C@H]1C(=O)O)c1ccc(Br)cc1. The van der Waals surface area contributed by atoms with Crippen LogP contribution in [0.25, 0.3) is 0 Å². The summed E-state index contributed by atoms with van der Waals surface area (Å²) >= 11 is 3.32. The standard InChI is InChI=1S/C20H20BrN3O4/c21-15-7-5-14(6-8-15)18(25)23-16(11-13-3-1-9-22-12-13)19(26)24-10-2-4-17(24)20(27)28/h1,3,5-9,12,16-17H,2,4,10-11H2,(H,23,25)(H,27,28)/t16-,17-/m0/s1. The van der Waals surface area contributed by atoms with Gasteiger partial charge in [-0.15, -0.1) is 0 Å². The van der Waals surface area contributed by atoms with Gasteiger partial charge in [0.05, 0.1) is 0 Å². The molecule has 0 unspecified atom stereocenters. The minimum absolute atomic E-state index is 0.234. The van der Waals surface area contributed by atoms with Crippen molar-refractivity contribution < 1.29 is 19.5 Å². The zero-order valence-electron chi connectivity index (χ0n) is 15.0. The van der Waals surface area contributed by atoms with Gasteiger partial charge in [0, 0.05) is 35.4 Å². The number of nitrogens with one attached hydrogen (secondary N) is 1. The van der Waals surface area contributed by atoms with Crippen LogP contribution in [-0.2, 0) is 16.0 Å². The highest BCUT2D eigenvalue weighted by atomic mass is 79.9. The lowest BCUT2D eigenvalue weighted by molar-refractivity contribution is -0.148. The van der Waals surface area contributed by atoms with Gasteiger partial charge in [0.15, 0.2) is 0 Å². The summed E-state index contributed by atoms with van der Waals surface area (Å²) in [7, 11) is 0. The van der Waals surface area contributed by atoms with E-state index in [0.717, 1.165) is 10.0 Å². The Hall–Kier alpha value is -2.74. The summed E-state index contributed by atoms with van der Waals surface area (Å²) in [5, 5.41) is 12.2. The zero-order chi connectivity index (χ0) is 20.1. The Labute approximate surface area is 170 Å². The number of aromatic nitrogens is 1. The first-order valence-electron chi connectivity index (χ1n) is 8.94. The predicted octanol–water partition coefficient (Wildman–Crippen LogP) is 2.26. The molecule has 2 aromatic rings. The van der Waals surface area contributed by atoms with Crippen LogP contribution in [0.15, 0.2) is 53.3 Å². The molecule has 2 heterocycles. The largest absolute Gasteiger partial charge is 0.480 e. The maximum Gasteiger partial charge on any atom is 0.326 e. The number of hydrogen-bond acceptors (Lipinski definition) is 4. The molecule has 1 fully saturated rings. The maximum absolute atomic E-state index is 13.1. The third-order valence-corrected chi connectivity index (χ3v) is 5.22. The summed E-state index contributed by atoms with van der Waals surface area (Å²) in [6.45, 7) is 0.369. The van der Waals surface area contributed by atoms with Crippen LogP contribution in [0.1, 0.15) is 28.8 Å². The molecule has 1 saturated heterocycles. The van der Waals surface area contributed by atoms with Crippen molar-refractivity contribution in [2.75, 3.05) is 6.54 Å². The first-order valence-corrected chi connectivity index (χ1v) is 9.73. The van der Waals surface area contributed by atoms with Gasteiger partial charge >= 0.3 is 5.97 Å². The number of carboxylic acids is 1. The molecule has 2 N–H and O–H groups in total. The topological polar surface area (TPSA) is 99.6 Å². The van der Waals surface area contributed by atoms with E-state index >= 15 is 0 Å². The van der Waals surface area contributed by atoms with Gasteiger partial charge in [-0.05, 0) is 48.7 Å². The highest BCUT2D eigenvalue weighted by Crippen LogP contribution is 2.20. The number of nitrogens with zero attached hydrogens (tertiary/aromatic N) is 2. The van der Waals surface area contributed by atoms with Crippen molar-refractivity contribution in [3.63, 3.8) is 0 Å². The lowest BCUT2D eigenvalue weighted by Gasteiger charge is -2.27. The summed E-state index contributed by atoms with van der Waals surface area (Å²) in [6, 6.07) is 8.64. The molecular weight excluding hydrogens is 426 g/mol. The van der Waals surface area contributed by atoms with Gasteiger partial charge in [-0.3, -0.25) is 14.6 Å². The first kappa shape index (κ1) is 20.0. The molecule has 0 spiro atoms. The Kier molecular flexibility index (Phi) is 6.41. The molecule has 1 aliphatic rings. The van der Waals surface area contributed by atoms with Crippen LogP contribution in [0.2, 0.25) is 0 Å². The van der Waals surface area contributed by atoms with E-state index in [9.17, 15) is 19.5 Å². The van der Waals surface area contributed by atoms with Crippen LogP contribution in [-0.4, -0.2) is 51.4 Å². The lowest BCUT2D eigenvalue weighted by Crippen LogP contribution is -2.52. The number of amides is 2. The van der Waals surface area contributed by atoms with Gasteiger partial charge in [0.1, 0.15) is 12.1 Å². The molecule has 0 aliphatic carbocycles. The fraction of sp³-hybridized carbons (Fsp3) is 0.300. The van der Waals surface area contributed by atoms with Crippen molar-refractivity contribution in [3.05, 3.63) is 64.4 Å². The van der Waals surface area contributed by atoms with E-state index in [1.54, 1.807) is 42.7 Å². The molecular formula is C20H20BrN3O4. The van der Waals surface area contributed by atoms with Crippen molar-refractivity contribution >= 4 is 33.7 Å². The summed E-state index contributed by atoms with van der Waals surface area (Å²) in [5.41, 5.74) is 1.20. The van der Waals surface area contributed by atoms with E-state index in [4.69, 9.17) is 0 Å². The number of carbonyl (C=O) groups excluding carboxylic acids is 2. The van der Waals surface area contributed by atoms with Gasteiger partial charge < -0.3 is 15.3 Å². The number of carboxylic acid groups (broad SMARTS) is 1. The van der Waals surface area contributed by atoms with E-state index in [0.29, 0.717) is 24.9 Å². The van der Waals surface area contributed by atoms with Crippen LogP contribution in [0.4, 0.5) is 0 Å². The smallest absolute Gasteiger partial charge is 0.326 e. The number of rotatable bonds is 6. The molecule has 0 radical (unpaired) electrons. The van der Waals surface area contributed by atoms with Crippen molar-refractivity contribution in [2.45, 2.75) is 31.3 Å². The third kappa shape index (κ3) is 4.75. The summed E-state index contributed by atoms with van der Waals surface area (Å²) in [6.07, 6.45) is 4.54. The van der Waals surface area contributed by atoms with E-state index in [2.05, 4.69) is 26.2 Å². The highest BCUT2D eigenvalue weighted by molar-refractivity contribution is 9.10. The van der Waals surface area contributed by atoms with E-state index in [1.165, 1.54) is 4.90 Å². The first-order chi connectivity index (χ1) is 13.5. The van der Waals surface area contributed by atoms with Gasteiger partial charge in [-0.2, -0.15) is 0 Å². The molecule has 8 heteroatoms. The Morgan fingerprint density at radius 1 is 1.25 bits per heavy atom. The second-order valence-corrected chi connectivity index (χ2v) is 7.54. The van der Waals surface area contributed by atoms with Crippen LogP contribution in [0, 0.1) is 0 Å². The van der Waals surface area contributed by atoms with Gasteiger partial charge in [0.25, 0.3) is 5.91 Å². The Morgan fingerprint density at radius 2 is 2.00 bits per heavy atom. The number of hydrogen-bond donors (Lipinski definition) is 2. The molecule has 28 heavy (non-hydrogen) atoms. The highest BCUT2D eigenvalue weighted by Gasteiger charge is 2.37. The fourth-order valence-corrected chi connectivity index (χ4v) is 3.55. The zero-order valence-corrected chi connectivity index (χ0v) is 16.6. The second-order valence-electron chi connectivity index (χ2n) is 6.63. The minimum atomic E-state index is -1.02. The number of aliphatic carboxylic acids is 1. The molecule has 7 nitrogen and oxygen atoms in total. The number of carbonyl (C=O) groups is 3. The molecule has 1 aromatic carbocycles. The molecule has 0 saturated carbocycles. The summed E-state index contributed by atoms with van der Waals surface area (Å²) in [5.74, 6) is -1.80. The van der Waals surface area contributed by atoms with Crippen molar-refractivity contribution in [2.24, 2.45) is 0 Å². The van der Waals surface area contributed by atoms with Gasteiger partial charge in [-0.1, -0.05) is 22.0 Å². The van der Waals surface area contributed by atoms with Crippen molar-refractivity contribution in [1.29, 1.82) is 0 Å². The maximum atomic E-state index is 13.1. The van der Waals surface area contributed by atoms with Crippen LogP contribution < -0.4 is 5.32 Å². The van der Waals surface area contributed by atoms with Crippen LogP contribution in [0.5, 0.6) is 0 Å². The number of pyridine rings is 1. The number of benzene rings is 1. The summed E-state index contributed by atoms with van der Waals surface area (Å²) in [4.78, 5) is 42.6. The molecule has 0 bridgehead atoms. The van der Waals surface area contributed by atoms with Gasteiger partial charge in [0.2, 0.25) is 5.91 Å². The normalized spacial score (nSPS) is 17.2. The quantitative estimate of drug-likeness (QED) is 0.710. The van der Waals surface area contributed by atoms with E-state index in [-0.39, 0.29) is 18.2 Å². The van der Waals surface area contributed by atoms with Crippen molar-refractivity contribution in [1.82, 2.24) is 15.2 Å². The number of halogens is 1. The Morgan fingerprint density at radius 3 is 2.64 bits per heavy atom. The molecule has 2 amide bonds. The van der Waals surface area contributed by atoms with Crippen LogP contribution in [0.3, 0.4) is 0 Å². The van der Waals surface area contributed by atoms with Crippen LogP contribution >= 0.6 is 15.9 Å². The number of likely N-dealkylation sites (tertiary alicyclic amines) is 1. The summed E-state index contributed by atoms with van der Waals surface area (Å²) < 4.78 is 0.841. The second kappa shape index (κ2) is 8.97. The average Bonchev–Trinajstić information content (AvgIpc) is 3.18.